The van der Waals surface area contributed by atoms with Crippen LogP contribution in [0.1, 0.15) is 32.4 Å². The van der Waals surface area contributed by atoms with Crippen molar-refractivity contribution in [1.82, 2.24) is 15.1 Å². The molecule has 0 amide bonds. The first-order valence-corrected chi connectivity index (χ1v) is 5.40. The molecule has 2 atom stereocenters. The second kappa shape index (κ2) is 5.28. The Kier molecular flexibility index (Phi) is 4.29. The molecule has 86 valence electrons. The number of nitrogens with zero attached hydrogens (tertiary/aromatic N) is 2. The first-order chi connectivity index (χ1) is 7.04. The second-order valence-electron chi connectivity index (χ2n) is 4.38. The molecule has 0 radical (unpaired) electrons. The van der Waals surface area contributed by atoms with Gasteiger partial charge in [-0.1, -0.05) is 13.8 Å². The zero-order valence-electron chi connectivity index (χ0n) is 9.94. The van der Waals surface area contributed by atoms with Crippen LogP contribution in [0.3, 0.4) is 0 Å². The molecule has 4 nitrogen and oxygen atoms in total. The van der Waals surface area contributed by atoms with E-state index >= 15 is 0 Å². The van der Waals surface area contributed by atoms with Gasteiger partial charge in [-0.2, -0.15) is 5.10 Å². The van der Waals surface area contributed by atoms with Gasteiger partial charge in [-0.15, -0.1) is 0 Å². The molecule has 1 heterocycles. The Morgan fingerprint density at radius 2 is 2.13 bits per heavy atom. The molecule has 2 N–H and O–H groups in total. The number of hydrogen-bond donors (Lipinski definition) is 2. The Bertz CT molecular complexity index is 296. The van der Waals surface area contributed by atoms with Crippen LogP contribution in [0.15, 0.2) is 12.4 Å². The van der Waals surface area contributed by atoms with Crippen LogP contribution >= 0.6 is 0 Å². The highest BCUT2D eigenvalue weighted by Gasteiger charge is 2.16. The highest BCUT2D eigenvalue weighted by atomic mass is 16.3. The quantitative estimate of drug-likeness (QED) is 0.766. The van der Waals surface area contributed by atoms with Gasteiger partial charge in [-0.25, -0.2) is 0 Å². The number of aromatic nitrogens is 2. The van der Waals surface area contributed by atoms with Gasteiger partial charge in [0.25, 0.3) is 0 Å². The van der Waals surface area contributed by atoms with Crippen molar-refractivity contribution in [2.45, 2.75) is 32.9 Å². The van der Waals surface area contributed by atoms with Crippen LogP contribution in [0, 0.1) is 5.92 Å². The van der Waals surface area contributed by atoms with E-state index in [1.54, 1.807) is 10.9 Å². The minimum Gasteiger partial charge on any atom is -0.394 e. The van der Waals surface area contributed by atoms with Crippen LogP contribution < -0.4 is 5.32 Å². The third kappa shape index (κ3) is 3.32. The number of aliphatic hydroxyl groups excluding tert-OH is 1. The highest BCUT2D eigenvalue weighted by Crippen LogP contribution is 2.13. The summed E-state index contributed by atoms with van der Waals surface area (Å²) < 4.78 is 1.75. The third-order valence-electron chi connectivity index (χ3n) is 2.77. The summed E-state index contributed by atoms with van der Waals surface area (Å²) in [6.07, 6.45) is 3.72. The van der Waals surface area contributed by atoms with Crippen molar-refractivity contribution in [3.63, 3.8) is 0 Å². The Hall–Kier alpha value is -0.870. The molecule has 0 spiro atoms. The van der Waals surface area contributed by atoms with E-state index in [0.29, 0.717) is 12.0 Å². The molecule has 1 aromatic rings. The van der Waals surface area contributed by atoms with E-state index in [9.17, 15) is 5.11 Å². The fourth-order valence-corrected chi connectivity index (χ4v) is 1.38. The average molecular weight is 211 g/mol. The second-order valence-corrected chi connectivity index (χ2v) is 4.38. The van der Waals surface area contributed by atoms with Gasteiger partial charge in [0.15, 0.2) is 0 Å². The van der Waals surface area contributed by atoms with Crippen LogP contribution in [0.4, 0.5) is 0 Å². The van der Waals surface area contributed by atoms with Gasteiger partial charge in [0.2, 0.25) is 0 Å². The van der Waals surface area contributed by atoms with Crippen molar-refractivity contribution in [3.8, 4) is 0 Å². The molecule has 0 aliphatic carbocycles. The number of aliphatic hydroxyl groups is 1. The standard InChI is InChI=1S/C11H21N3O/c1-8(2)9(3)13-11(7-15)10-5-12-14(4)6-10/h5-6,8-9,11,13,15H,7H2,1-4H3. The van der Waals surface area contributed by atoms with E-state index in [1.165, 1.54) is 0 Å². The predicted molar refractivity (Wildman–Crippen MR) is 60.5 cm³/mol. The van der Waals surface area contributed by atoms with Crippen molar-refractivity contribution in [2.24, 2.45) is 13.0 Å². The average Bonchev–Trinajstić information content (AvgIpc) is 2.60. The maximum absolute atomic E-state index is 9.32. The van der Waals surface area contributed by atoms with Crippen molar-refractivity contribution in [2.75, 3.05) is 6.61 Å². The van der Waals surface area contributed by atoms with Gasteiger partial charge in [-0.3, -0.25) is 4.68 Å². The summed E-state index contributed by atoms with van der Waals surface area (Å²) in [6.45, 7) is 6.55. The molecule has 0 aromatic carbocycles. The molecule has 4 heteroatoms. The summed E-state index contributed by atoms with van der Waals surface area (Å²) in [5, 5.41) is 16.8. The number of nitrogens with one attached hydrogen (secondary N) is 1. The molecule has 0 saturated carbocycles. The number of aryl methyl sites for hydroxylation is 1. The smallest absolute Gasteiger partial charge is 0.0627 e. The van der Waals surface area contributed by atoms with Crippen molar-refractivity contribution in [3.05, 3.63) is 18.0 Å². The summed E-state index contributed by atoms with van der Waals surface area (Å²) in [6, 6.07) is 0.360. The molecular formula is C11H21N3O. The summed E-state index contributed by atoms with van der Waals surface area (Å²) in [5.74, 6) is 0.552. The largest absolute Gasteiger partial charge is 0.394 e. The van der Waals surface area contributed by atoms with Crippen LogP contribution in [-0.2, 0) is 7.05 Å². The zero-order chi connectivity index (χ0) is 11.4. The summed E-state index contributed by atoms with van der Waals surface area (Å²) in [4.78, 5) is 0. The van der Waals surface area contributed by atoms with E-state index in [0.717, 1.165) is 5.56 Å². The van der Waals surface area contributed by atoms with Gasteiger partial charge < -0.3 is 10.4 Å². The van der Waals surface area contributed by atoms with Crippen molar-refractivity contribution < 1.29 is 5.11 Å². The molecule has 0 aliphatic rings. The summed E-state index contributed by atoms with van der Waals surface area (Å²) in [7, 11) is 1.88. The minimum absolute atomic E-state index is 0.0175. The lowest BCUT2D eigenvalue weighted by Crippen LogP contribution is -2.35. The van der Waals surface area contributed by atoms with Crippen LogP contribution in [0.2, 0.25) is 0 Å². The first kappa shape index (κ1) is 12.2. The van der Waals surface area contributed by atoms with Gasteiger partial charge >= 0.3 is 0 Å². The van der Waals surface area contributed by atoms with E-state index in [2.05, 4.69) is 31.2 Å². The lowest BCUT2D eigenvalue weighted by Gasteiger charge is -2.23. The first-order valence-electron chi connectivity index (χ1n) is 5.40. The summed E-state index contributed by atoms with van der Waals surface area (Å²) >= 11 is 0. The lowest BCUT2D eigenvalue weighted by molar-refractivity contribution is 0.225. The topological polar surface area (TPSA) is 50.1 Å². The third-order valence-corrected chi connectivity index (χ3v) is 2.77. The van der Waals surface area contributed by atoms with Gasteiger partial charge in [0.1, 0.15) is 0 Å². The van der Waals surface area contributed by atoms with Crippen LogP contribution in [-0.4, -0.2) is 27.5 Å². The maximum Gasteiger partial charge on any atom is 0.0627 e. The normalized spacial score (nSPS) is 15.6. The SMILES string of the molecule is CC(C)C(C)NC(CO)c1cnn(C)c1. The Labute approximate surface area is 91.3 Å². The molecule has 1 aromatic heterocycles. The van der Waals surface area contributed by atoms with E-state index in [4.69, 9.17) is 0 Å². The Morgan fingerprint density at radius 3 is 2.53 bits per heavy atom. The highest BCUT2D eigenvalue weighted by molar-refractivity contribution is 5.10. The van der Waals surface area contributed by atoms with Crippen molar-refractivity contribution >= 4 is 0 Å². The molecule has 0 bridgehead atoms. The van der Waals surface area contributed by atoms with Gasteiger partial charge in [0.05, 0.1) is 18.8 Å². The Balaban J connectivity index is 2.64. The molecular weight excluding hydrogens is 190 g/mol. The fourth-order valence-electron chi connectivity index (χ4n) is 1.38. The zero-order valence-corrected chi connectivity index (χ0v) is 9.94. The molecule has 2 unspecified atom stereocenters. The maximum atomic E-state index is 9.32. The van der Waals surface area contributed by atoms with Gasteiger partial charge in [-0.05, 0) is 12.8 Å². The lowest BCUT2D eigenvalue weighted by atomic mass is 10.0. The molecule has 0 aliphatic heterocycles. The fraction of sp³-hybridized carbons (Fsp3) is 0.727. The van der Waals surface area contributed by atoms with Crippen molar-refractivity contribution in [1.29, 1.82) is 0 Å². The van der Waals surface area contributed by atoms with Crippen LogP contribution in [0.25, 0.3) is 0 Å². The van der Waals surface area contributed by atoms with Gasteiger partial charge in [0, 0.05) is 24.8 Å². The molecule has 0 saturated heterocycles. The number of hydrogen-bond acceptors (Lipinski definition) is 3. The van der Waals surface area contributed by atoms with E-state index in [-0.39, 0.29) is 12.6 Å². The Morgan fingerprint density at radius 1 is 1.47 bits per heavy atom. The summed E-state index contributed by atoms with van der Waals surface area (Å²) in [5.41, 5.74) is 1.03. The minimum atomic E-state index is -0.0175. The molecule has 15 heavy (non-hydrogen) atoms. The predicted octanol–water partition coefficient (Wildman–Crippen LogP) is 1.09. The monoisotopic (exact) mass is 211 g/mol. The van der Waals surface area contributed by atoms with E-state index < -0.39 is 0 Å². The molecule has 1 rings (SSSR count). The van der Waals surface area contributed by atoms with E-state index in [1.807, 2.05) is 13.2 Å². The molecule has 0 fully saturated rings. The van der Waals surface area contributed by atoms with Crippen LogP contribution in [0.5, 0.6) is 0 Å². The number of rotatable bonds is 5.